The first-order valence-corrected chi connectivity index (χ1v) is 7.45. The van der Waals surface area contributed by atoms with Gasteiger partial charge in [0, 0.05) is 5.56 Å². The molecule has 5 nitrogen and oxygen atoms in total. The van der Waals surface area contributed by atoms with E-state index in [-0.39, 0.29) is 11.8 Å². The van der Waals surface area contributed by atoms with Crippen LogP contribution in [0.3, 0.4) is 0 Å². The van der Waals surface area contributed by atoms with Crippen LogP contribution < -0.4 is 5.32 Å². The first-order valence-electron chi connectivity index (χ1n) is 7.45. The lowest BCUT2D eigenvalue weighted by Gasteiger charge is -2.24. The first-order chi connectivity index (χ1) is 11.2. The van der Waals surface area contributed by atoms with E-state index in [1.54, 1.807) is 6.07 Å². The maximum absolute atomic E-state index is 10.2. The lowest BCUT2D eigenvalue weighted by molar-refractivity contribution is 0.473. The highest BCUT2D eigenvalue weighted by molar-refractivity contribution is 5.80. The van der Waals surface area contributed by atoms with Gasteiger partial charge in [-0.15, -0.1) is 0 Å². The van der Waals surface area contributed by atoms with Gasteiger partial charge in [0.15, 0.2) is 0 Å². The highest BCUT2D eigenvalue weighted by atomic mass is 16.3. The Morgan fingerprint density at radius 3 is 2.78 bits per heavy atom. The van der Waals surface area contributed by atoms with Crippen LogP contribution in [0, 0.1) is 6.92 Å². The molecule has 0 unspecified atom stereocenters. The Morgan fingerprint density at radius 2 is 1.96 bits per heavy atom. The zero-order chi connectivity index (χ0) is 15.8. The number of aryl methyl sites for hydroxylation is 1. The zero-order valence-electron chi connectivity index (χ0n) is 12.6. The molecule has 1 atom stereocenters. The highest BCUT2D eigenvalue weighted by Crippen LogP contribution is 2.34. The van der Waals surface area contributed by atoms with Crippen molar-refractivity contribution in [3.63, 3.8) is 0 Å². The number of phenolic OH excluding ortho intramolecular Hbond substituents is 1. The number of allylic oxidation sites excluding steroid dienone is 1. The number of rotatable bonds is 2. The predicted octanol–water partition coefficient (Wildman–Crippen LogP) is 3.35. The number of nitrogens with one attached hydrogen (secondary N) is 1. The van der Waals surface area contributed by atoms with Gasteiger partial charge >= 0.3 is 0 Å². The van der Waals surface area contributed by atoms with E-state index in [1.807, 2.05) is 41.9 Å². The van der Waals surface area contributed by atoms with Crippen molar-refractivity contribution in [2.24, 2.45) is 0 Å². The van der Waals surface area contributed by atoms with Gasteiger partial charge in [-0.05, 0) is 30.7 Å². The highest BCUT2D eigenvalue weighted by Gasteiger charge is 2.24. The molecule has 2 aromatic carbocycles. The second-order valence-corrected chi connectivity index (χ2v) is 5.61. The molecule has 2 N–H and O–H groups in total. The molecule has 4 rings (SSSR count). The van der Waals surface area contributed by atoms with Crippen molar-refractivity contribution < 1.29 is 5.11 Å². The summed E-state index contributed by atoms with van der Waals surface area (Å²) in [5.41, 5.74) is 3.80. The fourth-order valence-corrected chi connectivity index (χ4v) is 2.84. The van der Waals surface area contributed by atoms with Crippen LogP contribution in [-0.2, 0) is 0 Å². The third-order valence-corrected chi connectivity index (χ3v) is 3.99. The molecule has 1 aliphatic heterocycles. The topological polar surface area (TPSA) is 63.0 Å². The van der Waals surface area contributed by atoms with Gasteiger partial charge in [0.25, 0.3) is 0 Å². The maximum atomic E-state index is 10.2. The largest absolute Gasteiger partial charge is 0.507 e. The minimum absolute atomic E-state index is 0.0649. The van der Waals surface area contributed by atoms with Gasteiger partial charge in [0.05, 0.1) is 5.70 Å². The molecular formula is C18H16N4O. The Bertz CT molecular complexity index is 883. The lowest BCUT2D eigenvalue weighted by atomic mass is 10.0. The number of benzene rings is 2. The molecule has 0 amide bonds. The van der Waals surface area contributed by atoms with Crippen molar-refractivity contribution in [2.45, 2.75) is 13.0 Å². The van der Waals surface area contributed by atoms with E-state index in [1.165, 1.54) is 6.33 Å². The molecule has 5 heteroatoms. The van der Waals surface area contributed by atoms with E-state index in [9.17, 15) is 5.11 Å². The van der Waals surface area contributed by atoms with E-state index in [0.29, 0.717) is 5.95 Å². The van der Waals surface area contributed by atoms with E-state index < -0.39 is 0 Å². The minimum atomic E-state index is -0.0649. The van der Waals surface area contributed by atoms with Crippen LogP contribution in [0.25, 0.3) is 5.70 Å². The summed E-state index contributed by atoms with van der Waals surface area (Å²) in [5.74, 6) is 0.909. The Labute approximate surface area is 133 Å². The average molecular weight is 304 g/mol. The van der Waals surface area contributed by atoms with Crippen LogP contribution in [0.1, 0.15) is 22.7 Å². The zero-order valence-corrected chi connectivity index (χ0v) is 12.6. The second kappa shape index (κ2) is 5.28. The van der Waals surface area contributed by atoms with Crippen molar-refractivity contribution in [3.05, 3.63) is 77.6 Å². The molecule has 23 heavy (non-hydrogen) atoms. The molecule has 114 valence electrons. The van der Waals surface area contributed by atoms with Crippen LogP contribution in [0.15, 0.2) is 60.9 Å². The molecular weight excluding hydrogens is 288 g/mol. The number of hydrogen-bond donors (Lipinski definition) is 2. The normalized spacial score (nSPS) is 16.4. The van der Waals surface area contributed by atoms with Crippen molar-refractivity contribution in [2.75, 3.05) is 5.32 Å². The Kier molecular flexibility index (Phi) is 3.12. The van der Waals surface area contributed by atoms with Crippen LogP contribution >= 0.6 is 0 Å². The van der Waals surface area contributed by atoms with E-state index in [4.69, 9.17) is 0 Å². The molecule has 0 spiro atoms. The van der Waals surface area contributed by atoms with Gasteiger partial charge in [-0.1, -0.05) is 42.0 Å². The summed E-state index contributed by atoms with van der Waals surface area (Å²) in [6, 6.07) is 15.6. The number of anilines is 1. The SMILES string of the molecule is Cc1ccc(O)c(C2=C[C@H](c3ccccc3)n3ncnc3N2)c1. The van der Waals surface area contributed by atoms with Crippen molar-refractivity contribution in [3.8, 4) is 5.75 Å². The minimum Gasteiger partial charge on any atom is -0.507 e. The quantitative estimate of drug-likeness (QED) is 0.762. The maximum Gasteiger partial charge on any atom is 0.226 e. The van der Waals surface area contributed by atoms with Gasteiger partial charge in [-0.3, -0.25) is 0 Å². The molecule has 1 aliphatic rings. The fourth-order valence-electron chi connectivity index (χ4n) is 2.84. The fraction of sp³-hybridized carbons (Fsp3) is 0.111. The summed E-state index contributed by atoms with van der Waals surface area (Å²) in [7, 11) is 0. The third-order valence-electron chi connectivity index (χ3n) is 3.99. The third kappa shape index (κ3) is 2.36. The van der Waals surface area contributed by atoms with Crippen LogP contribution in [0.2, 0.25) is 0 Å². The molecule has 0 saturated carbocycles. The molecule has 0 fully saturated rings. The molecule has 0 aliphatic carbocycles. The van der Waals surface area contributed by atoms with Gasteiger partial charge in [0.2, 0.25) is 5.95 Å². The number of phenols is 1. The van der Waals surface area contributed by atoms with Crippen LogP contribution in [-0.4, -0.2) is 19.9 Å². The average Bonchev–Trinajstić information content (AvgIpc) is 3.05. The Balaban J connectivity index is 1.85. The number of fused-ring (bicyclic) bond motifs is 1. The number of aromatic nitrogens is 3. The predicted molar refractivity (Wildman–Crippen MR) is 89.0 cm³/mol. The molecule has 0 bridgehead atoms. The van der Waals surface area contributed by atoms with Crippen molar-refractivity contribution in [1.29, 1.82) is 0 Å². The van der Waals surface area contributed by atoms with Crippen molar-refractivity contribution in [1.82, 2.24) is 14.8 Å². The first kappa shape index (κ1) is 13.6. The Morgan fingerprint density at radius 1 is 1.13 bits per heavy atom. The number of nitrogens with zero attached hydrogens (tertiary/aromatic N) is 3. The van der Waals surface area contributed by atoms with E-state index >= 15 is 0 Å². The second-order valence-electron chi connectivity index (χ2n) is 5.61. The van der Waals surface area contributed by atoms with Gasteiger partial charge < -0.3 is 10.4 Å². The molecule has 3 aromatic rings. The monoisotopic (exact) mass is 304 g/mol. The summed E-state index contributed by atoms with van der Waals surface area (Å²) in [6.07, 6.45) is 3.59. The molecule has 2 heterocycles. The molecule has 0 radical (unpaired) electrons. The molecule has 0 saturated heterocycles. The van der Waals surface area contributed by atoms with Crippen LogP contribution in [0.5, 0.6) is 5.75 Å². The number of aromatic hydroxyl groups is 1. The van der Waals surface area contributed by atoms with E-state index in [2.05, 4.69) is 33.6 Å². The van der Waals surface area contributed by atoms with Gasteiger partial charge in [-0.25, -0.2) is 4.68 Å². The smallest absolute Gasteiger partial charge is 0.226 e. The summed E-state index contributed by atoms with van der Waals surface area (Å²) < 4.78 is 1.84. The van der Waals surface area contributed by atoms with Gasteiger partial charge in [0.1, 0.15) is 18.1 Å². The summed E-state index contributed by atoms with van der Waals surface area (Å²) in [4.78, 5) is 4.28. The standard InChI is InChI=1S/C18H16N4O/c1-12-7-8-17(23)14(9-12)15-10-16(13-5-3-2-4-6-13)22-18(21-15)19-11-20-22/h2-11,16,23H,1H3,(H,19,20,21)/t16-/m1/s1. The summed E-state index contributed by atoms with van der Waals surface area (Å²) in [6.45, 7) is 2.00. The molecule has 1 aromatic heterocycles. The Hall–Kier alpha value is -3.08. The van der Waals surface area contributed by atoms with Crippen molar-refractivity contribution >= 4 is 11.6 Å². The lowest BCUT2D eigenvalue weighted by Crippen LogP contribution is -2.20. The van der Waals surface area contributed by atoms with E-state index in [0.717, 1.165) is 22.4 Å². The number of hydrogen-bond acceptors (Lipinski definition) is 4. The summed E-state index contributed by atoms with van der Waals surface area (Å²) in [5, 5.41) is 17.8. The summed E-state index contributed by atoms with van der Waals surface area (Å²) >= 11 is 0. The van der Waals surface area contributed by atoms with Gasteiger partial charge in [-0.2, -0.15) is 10.1 Å². The van der Waals surface area contributed by atoms with Crippen LogP contribution in [0.4, 0.5) is 5.95 Å².